The number of hydrogen-bond acceptors (Lipinski definition) is 3. The highest BCUT2D eigenvalue weighted by Crippen LogP contribution is 3.02. The van der Waals surface area contributed by atoms with E-state index >= 15 is 0 Å². The third-order valence-electron chi connectivity index (χ3n) is 4.05. The molecule has 154 valence electrons. The first-order valence-corrected chi connectivity index (χ1v) is 10.5. The standard InChI is InChI=1S/C18H14ClF5N4S/c19-14-3-1-2-13(8-14)9-17-16(10-25)18(28-27-17)26-11-12-4-6-15(7-5-12)29(20,21,22,23)24/h1-8H,9,11H2,(H2,26,27,28). The van der Waals surface area contributed by atoms with E-state index in [9.17, 15) is 24.7 Å². The molecule has 0 spiro atoms. The summed E-state index contributed by atoms with van der Waals surface area (Å²) in [5.41, 5.74) is 1.96. The Morgan fingerprint density at radius 1 is 1.03 bits per heavy atom. The van der Waals surface area contributed by atoms with Crippen molar-refractivity contribution in [3.05, 3.63) is 75.9 Å². The lowest BCUT2D eigenvalue weighted by molar-refractivity contribution is 0.364. The van der Waals surface area contributed by atoms with Crippen molar-refractivity contribution in [2.45, 2.75) is 17.9 Å². The number of halogens is 6. The third kappa shape index (κ3) is 5.19. The number of benzene rings is 2. The van der Waals surface area contributed by atoms with Gasteiger partial charge in [-0.15, -0.1) is 0 Å². The molecule has 1 aromatic heterocycles. The van der Waals surface area contributed by atoms with Crippen molar-refractivity contribution in [2.75, 3.05) is 5.32 Å². The van der Waals surface area contributed by atoms with Crippen LogP contribution in [0.3, 0.4) is 0 Å². The second kappa shape index (κ2) is 6.64. The highest BCUT2D eigenvalue weighted by Gasteiger charge is 2.65. The minimum absolute atomic E-state index is 0.00324. The van der Waals surface area contributed by atoms with Crippen molar-refractivity contribution >= 4 is 27.6 Å². The molecule has 4 nitrogen and oxygen atoms in total. The van der Waals surface area contributed by atoms with Crippen molar-refractivity contribution in [3.8, 4) is 6.07 Å². The van der Waals surface area contributed by atoms with Gasteiger partial charge in [-0.1, -0.05) is 55.3 Å². The molecule has 0 unspecified atom stereocenters. The maximum absolute atomic E-state index is 12.8. The Bertz CT molecular complexity index is 1090. The van der Waals surface area contributed by atoms with Crippen LogP contribution < -0.4 is 5.32 Å². The van der Waals surface area contributed by atoms with Crippen molar-refractivity contribution in [2.24, 2.45) is 0 Å². The number of anilines is 1. The summed E-state index contributed by atoms with van der Waals surface area (Å²) in [7, 11) is -9.69. The normalized spacial score (nSPS) is 14.0. The number of H-pyrrole nitrogens is 1. The van der Waals surface area contributed by atoms with Crippen LogP contribution in [0.4, 0.5) is 25.2 Å². The lowest BCUT2D eigenvalue weighted by atomic mass is 10.1. The summed E-state index contributed by atoms with van der Waals surface area (Å²) < 4.78 is 63.8. The minimum Gasteiger partial charge on any atom is -0.363 e. The topological polar surface area (TPSA) is 64.5 Å². The molecule has 0 amide bonds. The van der Waals surface area contributed by atoms with Gasteiger partial charge in [0.15, 0.2) is 5.82 Å². The number of hydrogen-bond donors (Lipinski definition) is 2. The van der Waals surface area contributed by atoms with Crippen LogP contribution in [0.25, 0.3) is 0 Å². The molecule has 2 N–H and O–H groups in total. The molecule has 3 aromatic rings. The maximum Gasteiger partial charge on any atom is 0.310 e. The Morgan fingerprint density at radius 3 is 2.31 bits per heavy atom. The maximum atomic E-state index is 12.8. The second-order valence-electron chi connectivity index (χ2n) is 6.31. The van der Waals surface area contributed by atoms with Crippen LogP contribution >= 0.6 is 21.8 Å². The van der Waals surface area contributed by atoms with E-state index in [1.54, 1.807) is 18.2 Å². The fraction of sp³-hybridized carbons (Fsp3) is 0.111. The zero-order valence-corrected chi connectivity index (χ0v) is 16.2. The predicted molar refractivity (Wildman–Crippen MR) is 103 cm³/mol. The average molecular weight is 449 g/mol. The largest absolute Gasteiger partial charge is 0.363 e. The molecule has 2 aromatic carbocycles. The SMILES string of the molecule is N#Cc1c(NCc2ccc(S(F)(F)(F)(F)F)cc2)n[nH]c1Cc1cccc(Cl)c1. The highest BCUT2D eigenvalue weighted by atomic mass is 35.5. The van der Waals surface area contributed by atoms with Crippen LogP contribution in [0, 0.1) is 11.3 Å². The molecule has 0 fully saturated rings. The first-order valence-electron chi connectivity index (χ1n) is 8.14. The Kier molecular flexibility index (Phi) is 4.80. The van der Waals surface area contributed by atoms with Gasteiger partial charge in [0.05, 0.1) is 5.69 Å². The molecular weight excluding hydrogens is 435 g/mol. The summed E-state index contributed by atoms with van der Waals surface area (Å²) in [6, 6.07) is 11.7. The Hall–Kier alpha value is -2.77. The van der Waals surface area contributed by atoms with Crippen LogP contribution in [0.1, 0.15) is 22.4 Å². The number of rotatable bonds is 6. The first-order chi connectivity index (χ1) is 13.4. The van der Waals surface area contributed by atoms with E-state index in [1.807, 2.05) is 12.1 Å². The van der Waals surface area contributed by atoms with Crippen LogP contribution in [-0.2, 0) is 13.0 Å². The van der Waals surface area contributed by atoms with E-state index in [1.165, 1.54) is 0 Å². The van der Waals surface area contributed by atoms with Crippen LogP contribution in [0.2, 0.25) is 5.02 Å². The van der Waals surface area contributed by atoms with Crippen LogP contribution in [0.15, 0.2) is 53.4 Å². The van der Waals surface area contributed by atoms with E-state index in [-0.39, 0.29) is 17.9 Å². The zero-order valence-electron chi connectivity index (χ0n) is 14.6. The molecule has 0 aliphatic rings. The van der Waals surface area contributed by atoms with Crippen LogP contribution in [0.5, 0.6) is 0 Å². The molecule has 29 heavy (non-hydrogen) atoms. The summed E-state index contributed by atoms with van der Waals surface area (Å²) in [5, 5.41) is 19.6. The lowest BCUT2D eigenvalue weighted by Crippen LogP contribution is -2.07. The average Bonchev–Trinajstić information content (AvgIpc) is 3.00. The Balaban J connectivity index is 1.73. The Morgan fingerprint density at radius 2 is 1.72 bits per heavy atom. The van der Waals surface area contributed by atoms with Crippen molar-refractivity contribution in [1.29, 1.82) is 5.26 Å². The van der Waals surface area contributed by atoms with E-state index in [4.69, 9.17) is 11.6 Å². The van der Waals surface area contributed by atoms with E-state index < -0.39 is 15.1 Å². The fourth-order valence-corrected chi connectivity index (χ4v) is 3.52. The van der Waals surface area contributed by atoms with Gasteiger partial charge in [0.1, 0.15) is 16.5 Å². The van der Waals surface area contributed by atoms with Crippen molar-refractivity contribution < 1.29 is 19.4 Å². The second-order valence-corrected chi connectivity index (χ2v) is 9.16. The zero-order chi connectivity index (χ0) is 21.3. The quantitative estimate of drug-likeness (QED) is 0.408. The molecule has 1 heterocycles. The number of aromatic amines is 1. The van der Waals surface area contributed by atoms with Gasteiger partial charge in [-0.25, -0.2) is 0 Å². The van der Waals surface area contributed by atoms with Gasteiger partial charge >= 0.3 is 10.2 Å². The monoisotopic (exact) mass is 448 g/mol. The van der Waals surface area contributed by atoms with Crippen LogP contribution in [-0.4, -0.2) is 10.2 Å². The van der Waals surface area contributed by atoms with Gasteiger partial charge in [0.2, 0.25) is 0 Å². The number of nitrogens with one attached hydrogen (secondary N) is 2. The molecule has 0 bridgehead atoms. The lowest BCUT2D eigenvalue weighted by Gasteiger charge is -2.40. The molecule has 0 saturated carbocycles. The summed E-state index contributed by atoms with van der Waals surface area (Å²) in [4.78, 5) is -1.95. The summed E-state index contributed by atoms with van der Waals surface area (Å²) in [6.45, 7) is -0.00324. The number of nitriles is 1. The van der Waals surface area contributed by atoms with Gasteiger partial charge in [-0.2, -0.15) is 10.4 Å². The van der Waals surface area contributed by atoms with Gasteiger partial charge in [-0.3, -0.25) is 5.10 Å². The van der Waals surface area contributed by atoms with Gasteiger partial charge < -0.3 is 5.32 Å². The first kappa shape index (κ1) is 21.0. The molecule has 0 atom stereocenters. The smallest absolute Gasteiger partial charge is 0.310 e. The molecule has 0 saturated heterocycles. The number of nitrogens with zero attached hydrogens (tertiary/aromatic N) is 2. The van der Waals surface area contributed by atoms with Crippen molar-refractivity contribution in [1.82, 2.24) is 10.2 Å². The minimum atomic E-state index is -9.69. The predicted octanol–water partition coefficient (Wildman–Crippen LogP) is 6.80. The van der Waals surface area contributed by atoms with E-state index in [2.05, 4.69) is 15.5 Å². The van der Waals surface area contributed by atoms with E-state index in [0.29, 0.717) is 34.8 Å². The third-order valence-corrected chi connectivity index (χ3v) is 5.45. The van der Waals surface area contributed by atoms with Crippen molar-refractivity contribution in [3.63, 3.8) is 0 Å². The summed E-state index contributed by atoms with van der Waals surface area (Å²) in [5.74, 6) is 0.210. The molecular formula is C18H14ClF5N4S. The van der Waals surface area contributed by atoms with Gasteiger partial charge in [0.25, 0.3) is 0 Å². The summed E-state index contributed by atoms with van der Waals surface area (Å²) >= 11 is 5.95. The number of aromatic nitrogens is 2. The fourth-order valence-electron chi connectivity index (χ4n) is 2.66. The van der Waals surface area contributed by atoms with E-state index in [0.717, 1.165) is 17.7 Å². The Labute approximate surface area is 168 Å². The highest BCUT2D eigenvalue weighted by molar-refractivity contribution is 8.45. The molecule has 3 rings (SSSR count). The molecule has 11 heteroatoms. The van der Waals surface area contributed by atoms with Gasteiger partial charge in [-0.05, 0) is 35.4 Å². The molecule has 0 radical (unpaired) electrons. The molecule has 0 aliphatic heterocycles. The summed E-state index contributed by atoms with van der Waals surface area (Å²) in [6.07, 6.45) is 0.372. The molecule has 0 aliphatic carbocycles. The van der Waals surface area contributed by atoms with Gasteiger partial charge in [0, 0.05) is 18.0 Å².